The molecule has 0 aromatic rings. The molecular weight excluding hydrogens is 1070 g/mol. The first-order valence-corrected chi connectivity index (χ1v) is 39.1. The van der Waals surface area contributed by atoms with Crippen LogP contribution >= 0.6 is 0 Å². The maximum absolute atomic E-state index is 12.5. The molecule has 0 bridgehead atoms. The highest BCUT2D eigenvalue weighted by Crippen LogP contribution is 2.19. The number of aliphatic hydroxyl groups excluding tert-OH is 2. The van der Waals surface area contributed by atoms with Crippen LogP contribution in [0.15, 0.2) is 60.8 Å². The normalized spacial score (nSPS) is 12.8. The van der Waals surface area contributed by atoms with E-state index >= 15 is 0 Å². The Hall–Kier alpha value is -2.44. The molecule has 0 saturated carbocycles. The Balaban J connectivity index is 3.35. The van der Waals surface area contributed by atoms with Gasteiger partial charge in [-0.25, -0.2) is 0 Å². The van der Waals surface area contributed by atoms with Crippen molar-refractivity contribution in [3.63, 3.8) is 0 Å². The van der Waals surface area contributed by atoms with Gasteiger partial charge < -0.3 is 20.3 Å². The number of nitrogens with one attached hydrogen (secondary N) is 1. The van der Waals surface area contributed by atoms with Crippen molar-refractivity contribution in [2.75, 3.05) is 13.2 Å². The van der Waals surface area contributed by atoms with Gasteiger partial charge in [0.05, 0.1) is 25.4 Å². The van der Waals surface area contributed by atoms with Crippen LogP contribution in [0.2, 0.25) is 0 Å². The number of unbranched alkanes of at least 4 members (excludes halogenated alkanes) is 54. The summed E-state index contributed by atoms with van der Waals surface area (Å²) in [6.07, 6.45) is 102. The van der Waals surface area contributed by atoms with E-state index in [-0.39, 0.29) is 18.5 Å². The van der Waals surface area contributed by atoms with Crippen molar-refractivity contribution in [1.29, 1.82) is 0 Å². The van der Waals surface area contributed by atoms with E-state index in [0.29, 0.717) is 19.4 Å². The topological polar surface area (TPSA) is 95.9 Å². The lowest BCUT2D eigenvalue weighted by molar-refractivity contribution is -0.143. The molecule has 0 saturated heterocycles. The highest BCUT2D eigenvalue weighted by molar-refractivity contribution is 5.76. The predicted molar refractivity (Wildman–Crippen MR) is 384 cm³/mol. The van der Waals surface area contributed by atoms with Crippen LogP contribution in [0.4, 0.5) is 0 Å². The summed E-state index contributed by atoms with van der Waals surface area (Å²) in [6, 6.07) is -0.625. The Labute approximate surface area is 543 Å². The van der Waals surface area contributed by atoms with Gasteiger partial charge in [-0.05, 0) is 96.3 Å². The van der Waals surface area contributed by atoms with Crippen LogP contribution in [0.25, 0.3) is 0 Å². The molecule has 0 rings (SSSR count). The molecule has 510 valence electrons. The number of carbonyl (C=O) groups excluding carboxylic acids is 2. The molecule has 0 aliphatic carbocycles. The Morgan fingerprint density at radius 1 is 0.322 bits per heavy atom. The zero-order valence-electron chi connectivity index (χ0n) is 58.5. The highest BCUT2D eigenvalue weighted by Gasteiger charge is 2.18. The first-order chi connectivity index (χ1) is 43.0. The molecule has 0 aromatic heterocycles. The standard InChI is InChI=1S/C81H151NO5/c1-3-5-7-9-11-13-15-17-18-19-44-47-51-55-59-63-67-71-75-81(86)87-76-72-68-64-60-56-52-48-45-42-40-38-36-34-32-30-28-26-24-22-20-21-23-25-27-29-31-33-35-37-39-41-43-46-50-54-58-62-66-70-74-80(85)82-78(77-83)79(84)73-69-65-61-57-53-49-16-14-12-10-8-6-4-2/h13,15,18-21,24,26,69,73,78-79,83-84H,3-12,14,16-17,22-23,25,27-68,70-72,74-77H2,1-2H3,(H,82,85)/b15-13-,19-18-,21-20-,26-24-,73-69+. The second kappa shape index (κ2) is 76.0. The smallest absolute Gasteiger partial charge is 0.305 e. The Kier molecular flexibility index (Phi) is 73.9. The van der Waals surface area contributed by atoms with Gasteiger partial charge in [0.15, 0.2) is 0 Å². The second-order valence-electron chi connectivity index (χ2n) is 26.7. The molecule has 0 spiro atoms. The van der Waals surface area contributed by atoms with Crippen LogP contribution in [0, 0.1) is 0 Å². The maximum Gasteiger partial charge on any atom is 0.305 e. The lowest BCUT2D eigenvalue weighted by Gasteiger charge is -2.20. The average molecular weight is 1220 g/mol. The van der Waals surface area contributed by atoms with Gasteiger partial charge in [0, 0.05) is 12.8 Å². The van der Waals surface area contributed by atoms with E-state index < -0.39 is 12.1 Å². The lowest BCUT2D eigenvalue weighted by atomic mass is 10.0. The van der Waals surface area contributed by atoms with E-state index in [2.05, 4.69) is 67.8 Å². The van der Waals surface area contributed by atoms with Crippen molar-refractivity contribution in [3.05, 3.63) is 60.8 Å². The van der Waals surface area contributed by atoms with Crippen molar-refractivity contribution in [1.82, 2.24) is 5.32 Å². The van der Waals surface area contributed by atoms with Gasteiger partial charge in [-0.15, -0.1) is 0 Å². The highest BCUT2D eigenvalue weighted by atomic mass is 16.5. The number of amides is 1. The summed E-state index contributed by atoms with van der Waals surface area (Å²) in [5, 5.41) is 23.1. The fourth-order valence-electron chi connectivity index (χ4n) is 12.1. The number of ether oxygens (including phenoxy) is 1. The quantitative estimate of drug-likeness (QED) is 0.0320. The SMILES string of the molecule is CCCCCC/C=C\C/C=C\CCCCCCCCCC(=O)OCCCCCCCCCCCCCCCCC/C=C\C/C=C\CCCCCCCCCCCCCCCCCCCC(=O)NC(CO)C(O)/C=C/CCCCCCCCCCCCC. The molecule has 0 aliphatic rings. The number of rotatable bonds is 73. The number of hydrogen-bond acceptors (Lipinski definition) is 5. The number of hydrogen-bond donors (Lipinski definition) is 3. The van der Waals surface area contributed by atoms with E-state index in [0.717, 1.165) is 57.8 Å². The molecule has 0 radical (unpaired) electrons. The summed E-state index contributed by atoms with van der Waals surface area (Å²) in [5.74, 6) is -0.0509. The summed E-state index contributed by atoms with van der Waals surface area (Å²) in [4.78, 5) is 24.6. The zero-order chi connectivity index (χ0) is 62.8. The molecule has 3 N–H and O–H groups in total. The van der Waals surface area contributed by atoms with Crippen molar-refractivity contribution < 1.29 is 24.5 Å². The fraction of sp³-hybridized carbons (Fsp3) is 0.852. The Morgan fingerprint density at radius 3 is 0.885 bits per heavy atom. The minimum absolute atomic E-state index is 0.0129. The number of carbonyl (C=O) groups is 2. The van der Waals surface area contributed by atoms with Crippen molar-refractivity contribution >= 4 is 11.9 Å². The van der Waals surface area contributed by atoms with Gasteiger partial charge in [-0.2, -0.15) is 0 Å². The van der Waals surface area contributed by atoms with Crippen molar-refractivity contribution in [2.45, 2.75) is 431 Å². The summed E-state index contributed by atoms with van der Waals surface area (Å²) in [7, 11) is 0. The van der Waals surface area contributed by atoms with Crippen molar-refractivity contribution in [2.24, 2.45) is 0 Å². The largest absolute Gasteiger partial charge is 0.466 e. The molecule has 6 heteroatoms. The zero-order valence-corrected chi connectivity index (χ0v) is 58.5. The van der Waals surface area contributed by atoms with Crippen LogP contribution in [0.5, 0.6) is 0 Å². The Morgan fingerprint density at radius 2 is 0.575 bits per heavy atom. The summed E-state index contributed by atoms with van der Waals surface area (Å²) in [6.45, 7) is 4.91. The molecule has 0 aliphatic heterocycles. The summed E-state index contributed by atoms with van der Waals surface area (Å²) >= 11 is 0. The first kappa shape index (κ1) is 84.6. The predicted octanol–water partition coefficient (Wildman–Crippen LogP) is 25.8. The van der Waals surface area contributed by atoms with Gasteiger partial charge in [-0.1, -0.05) is 370 Å². The van der Waals surface area contributed by atoms with E-state index in [4.69, 9.17) is 4.74 Å². The van der Waals surface area contributed by atoms with Crippen LogP contribution < -0.4 is 5.32 Å². The van der Waals surface area contributed by atoms with Gasteiger partial charge in [-0.3, -0.25) is 9.59 Å². The summed E-state index contributed by atoms with van der Waals surface area (Å²) in [5.41, 5.74) is 0. The van der Waals surface area contributed by atoms with Gasteiger partial charge in [0.2, 0.25) is 5.91 Å². The number of aliphatic hydroxyl groups is 2. The number of allylic oxidation sites excluding steroid dienone is 9. The minimum Gasteiger partial charge on any atom is -0.466 e. The van der Waals surface area contributed by atoms with E-state index in [1.54, 1.807) is 6.08 Å². The summed E-state index contributed by atoms with van der Waals surface area (Å²) < 4.78 is 5.51. The van der Waals surface area contributed by atoms with Gasteiger partial charge >= 0.3 is 5.97 Å². The minimum atomic E-state index is -0.842. The van der Waals surface area contributed by atoms with Gasteiger partial charge in [0.25, 0.3) is 0 Å². The van der Waals surface area contributed by atoms with Crippen LogP contribution in [0.1, 0.15) is 418 Å². The third kappa shape index (κ3) is 72.5. The molecule has 6 nitrogen and oxygen atoms in total. The molecule has 1 amide bonds. The molecule has 87 heavy (non-hydrogen) atoms. The molecule has 0 fully saturated rings. The second-order valence-corrected chi connectivity index (χ2v) is 26.7. The Bertz CT molecular complexity index is 1500. The van der Waals surface area contributed by atoms with Crippen molar-refractivity contribution in [3.8, 4) is 0 Å². The molecule has 2 atom stereocenters. The maximum atomic E-state index is 12.5. The van der Waals surface area contributed by atoms with E-state index in [1.807, 2.05) is 6.08 Å². The molecule has 0 aromatic carbocycles. The first-order valence-electron chi connectivity index (χ1n) is 39.1. The molecular formula is C81H151NO5. The lowest BCUT2D eigenvalue weighted by Crippen LogP contribution is -2.45. The average Bonchev–Trinajstić information content (AvgIpc) is 3.54. The fourth-order valence-corrected chi connectivity index (χ4v) is 12.1. The number of esters is 1. The molecule has 2 unspecified atom stereocenters. The molecule has 0 heterocycles. The van der Waals surface area contributed by atoms with E-state index in [1.165, 1.54) is 334 Å². The van der Waals surface area contributed by atoms with Crippen LogP contribution in [0.3, 0.4) is 0 Å². The van der Waals surface area contributed by atoms with Crippen LogP contribution in [-0.4, -0.2) is 47.4 Å². The monoisotopic (exact) mass is 1220 g/mol. The third-order valence-electron chi connectivity index (χ3n) is 18.0. The third-order valence-corrected chi connectivity index (χ3v) is 18.0. The van der Waals surface area contributed by atoms with E-state index in [9.17, 15) is 19.8 Å². The van der Waals surface area contributed by atoms with Gasteiger partial charge in [0.1, 0.15) is 0 Å². The van der Waals surface area contributed by atoms with Crippen LogP contribution in [-0.2, 0) is 14.3 Å².